The Balaban J connectivity index is 1.96. The number of H-pyrrole nitrogens is 1. The minimum atomic E-state index is -0.212. The van der Waals surface area contributed by atoms with Crippen molar-refractivity contribution in [1.82, 2.24) is 10.2 Å². The molecule has 0 aliphatic heterocycles. The quantitative estimate of drug-likeness (QED) is 0.745. The summed E-state index contributed by atoms with van der Waals surface area (Å²) in [6.07, 6.45) is 0.750. The summed E-state index contributed by atoms with van der Waals surface area (Å²) in [6, 6.07) is 11.1. The van der Waals surface area contributed by atoms with Gasteiger partial charge in [-0.2, -0.15) is 5.10 Å². The molecule has 2 N–H and O–H groups in total. The maximum absolute atomic E-state index is 12.7. The highest BCUT2D eigenvalue weighted by Crippen LogP contribution is 2.33. The Morgan fingerprint density at radius 2 is 2.13 bits per heavy atom. The molecule has 6 heteroatoms. The monoisotopic (exact) mass is 327 g/mol. The number of hydrogen-bond acceptors (Lipinski definition) is 4. The van der Waals surface area contributed by atoms with Crippen molar-refractivity contribution in [2.75, 3.05) is 12.4 Å². The topological polar surface area (TPSA) is 67.0 Å². The van der Waals surface area contributed by atoms with E-state index in [0.29, 0.717) is 11.3 Å². The van der Waals surface area contributed by atoms with Gasteiger partial charge in [0.05, 0.1) is 28.9 Å². The van der Waals surface area contributed by atoms with Crippen LogP contribution < -0.4 is 10.1 Å². The fourth-order valence-corrected chi connectivity index (χ4v) is 3.09. The maximum atomic E-state index is 12.7. The van der Waals surface area contributed by atoms with Gasteiger partial charge in [0.25, 0.3) is 5.91 Å². The van der Waals surface area contributed by atoms with Crippen LogP contribution in [0.4, 0.5) is 5.69 Å². The lowest BCUT2D eigenvalue weighted by Crippen LogP contribution is -2.14. The summed E-state index contributed by atoms with van der Waals surface area (Å²) in [5, 5.41) is 12.3. The van der Waals surface area contributed by atoms with E-state index in [2.05, 4.69) is 15.5 Å². The van der Waals surface area contributed by atoms with Crippen LogP contribution in [-0.4, -0.2) is 23.2 Å². The Hall–Kier alpha value is -2.60. The van der Waals surface area contributed by atoms with Crippen LogP contribution in [0.15, 0.2) is 41.8 Å². The van der Waals surface area contributed by atoms with Crippen molar-refractivity contribution in [2.24, 2.45) is 0 Å². The molecule has 0 saturated carbocycles. The number of nitrogens with one attached hydrogen (secondary N) is 2. The first kappa shape index (κ1) is 15.3. The van der Waals surface area contributed by atoms with Gasteiger partial charge >= 0.3 is 0 Å². The molecule has 2 heterocycles. The van der Waals surface area contributed by atoms with Gasteiger partial charge in [0.15, 0.2) is 0 Å². The highest BCUT2D eigenvalue weighted by molar-refractivity contribution is 7.13. The van der Waals surface area contributed by atoms with Crippen LogP contribution in [0.25, 0.3) is 10.6 Å². The van der Waals surface area contributed by atoms with Crippen LogP contribution in [0, 0.1) is 0 Å². The molecule has 23 heavy (non-hydrogen) atoms. The molecule has 0 saturated heterocycles. The molecule has 0 aliphatic carbocycles. The molecule has 0 aliphatic rings. The highest BCUT2D eigenvalue weighted by atomic mass is 32.1. The summed E-state index contributed by atoms with van der Waals surface area (Å²) in [5.41, 5.74) is 2.89. The average molecular weight is 327 g/mol. The fraction of sp³-hybridized carbons (Fsp3) is 0.176. The zero-order valence-electron chi connectivity index (χ0n) is 12.9. The number of anilines is 1. The molecule has 2 aromatic heterocycles. The van der Waals surface area contributed by atoms with Crippen molar-refractivity contribution in [3.8, 4) is 16.3 Å². The third-order valence-electron chi connectivity index (χ3n) is 3.54. The van der Waals surface area contributed by atoms with Gasteiger partial charge in [-0.15, -0.1) is 11.3 Å². The van der Waals surface area contributed by atoms with E-state index >= 15 is 0 Å². The van der Waals surface area contributed by atoms with Gasteiger partial charge in [0.2, 0.25) is 0 Å². The molecule has 0 atom stereocenters. The number of aryl methyl sites for hydroxylation is 1. The third kappa shape index (κ3) is 2.98. The SMILES string of the molecule is CCc1[nH]nc(-c2cccs2)c1NC(=O)c1ccccc1OC. The Kier molecular flexibility index (Phi) is 4.43. The van der Waals surface area contributed by atoms with E-state index < -0.39 is 0 Å². The number of hydrogen-bond donors (Lipinski definition) is 2. The van der Waals surface area contributed by atoms with Crippen molar-refractivity contribution in [3.63, 3.8) is 0 Å². The van der Waals surface area contributed by atoms with Crippen molar-refractivity contribution in [2.45, 2.75) is 13.3 Å². The number of aromatic nitrogens is 2. The largest absolute Gasteiger partial charge is 0.496 e. The first-order valence-electron chi connectivity index (χ1n) is 7.30. The molecular weight excluding hydrogens is 310 g/mol. The smallest absolute Gasteiger partial charge is 0.259 e. The number of thiophene rings is 1. The molecule has 3 rings (SSSR count). The second kappa shape index (κ2) is 6.66. The molecule has 5 nitrogen and oxygen atoms in total. The first-order valence-corrected chi connectivity index (χ1v) is 8.18. The Bertz CT molecular complexity index is 809. The van der Waals surface area contributed by atoms with E-state index in [1.165, 1.54) is 0 Å². The number of carbonyl (C=O) groups excluding carboxylic acids is 1. The zero-order chi connectivity index (χ0) is 16.2. The molecule has 1 amide bonds. The lowest BCUT2D eigenvalue weighted by atomic mass is 10.1. The minimum absolute atomic E-state index is 0.212. The Morgan fingerprint density at radius 1 is 1.30 bits per heavy atom. The second-order valence-electron chi connectivity index (χ2n) is 4.91. The van der Waals surface area contributed by atoms with Gasteiger partial charge in [0, 0.05) is 0 Å². The minimum Gasteiger partial charge on any atom is -0.496 e. The van der Waals surface area contributed by atoms with E-state index in [9.17, 15) is 4.79 Å². The number of nitrogens with zero attached hydrogens (tertiary/aromatic N) is 1. The molecule has 118 valence electrons. The van der Waals surface area contributed by atoms with Crippen molar-refractivity contribution in [3.05, 3.63) is 53.0 Å². The number of amides is 1. The van der Waals surface area contributed by atoms with Crippen LogP contribution in [0.1, 0.15) is 23.0 Å². The molecule has 0 spiro atoms. The summed E-state index contributed by atoms with van der Waals surface area (Å²) in [7, 11) is 1.55. The number of aromatic amines is 1. The molecule has 0 unspecified atom stereocenters. The summed E-state index contributed by atoms with van der Waals surface area (Å²) in [5.74, 6) is 0.334. The molecule has 3 aromatic rings. The molecule has 0 bridgehead atoms. The van der Waals surface area contributed by atoms with E-state index in [4.69, 9.17) is 4.74 Å². The van der Waals surface area contributed by atoms with E-state index in [-0.39, 0.29) is 5.91 Å². The van der Waals surface area contributed by atoms with E-state index in [0.717, 1.165) is 28.4 Å². The van der Waals surface area contributed by atoms with Crippen molar-refractivity contribution < 1.29 is 9.53 Å². The average Bonchev–Trinajstić information content (AvgIpc) is 3.23. The normalized spacial score (nSPS) is 10.5. The van der Waals surface area contributed by atoms with Crippen molar-refractivity contribution >= 4 is 22.9 Å². The van der Waals surface area contributed by atoms with Gasteiger partial charge in [-0.25, -0.2) is 0 Å². The lowest BCUT2D eigenvalue weighted by Gasteiger charge is -2.10. The highest BCUT2D eigenvalue weighted by Gasteiger charge is 2.19. The van der Waals surface area contributed by atoms with E-state index in [1.807, 2.05) is 36.6 Å². The van der Waals surface area contributed by atoms with Gasteiger partial charge < -0.3 is 10.1 Å². The maximum Gasteiger partial charge on any atom is 0.259 e. The summed E-state index contributed by atoms with van der Waals surface area (Å²) in [4.78, 5) is 13.7. The van der Waals surface area contributed by atoms with Crippen LogP contribution in [0.3, 0.4) is 0 Å². The van der Waals surface area contributed by atoms with Crippen LogP contribution in [0.5, 0.6) is 5.75 Å². The predicted octanol–water partition coefficient (Wildman–Crippen LogP) is 3.96. The Morgan fingerprint density at radius 3 is 2.83 bits per heavy atom. The first-order chi connectivity index (χ1) is 11.2. The molecule has 0 radical (unpaired) electrons. The van der Waals surface area contributed by atoms with Crippen LogP contribution >= 0.6 is 11.3 Å². The number of methoxy groups -OCH3 is 1. The second-order valence-corrected chi connectivity index (χ2v) is 5.86. The van der Waals surface area contributed by atoms with Crippen LogP contribution in [0.2, 0.25) is 0 Å². The van der Waals surface area contributed by atoms with E-state index in [1.54, 1.807) is 30.6 Å². The summed E-state index contributed by atoms with van der Waals surface area (Å²) in [6.45, 7) is 2.02. The standard InChI is InChI=1S/C17H17N3O2S/c1-3-12-15(16(20-19-12)14-9-6-10-23-14)18-17(21)11-7-4-5-8-13(11)22-2/h4-10H,3H2,1-2H3,(H,18,21)(H,19,20). The van der Waals surface area contributed by atoms with Crippen LogP contribution in [-0.2, 0) is 6.42 Å². The summed E-state index contributed by atoms with van der Waals surface area (Å²) >= 11 is 1.59. The van der Waals surface area contributed by atoms with Gasteiger partial charge in [0.1, 0.15) is 11.4 Å². The van der Waals surface area contributed by atoms with Crippen molar-refractivity contribution in [1.29, 1.82) is 0 Å². The number of carbonyl (C=O) groups is 1. The summed E-state index contributed by atoms with van der Waals surface area (Å²) < 4.78 is 5.26. The molecule has 0 fully saturated rings. The molecule has 1 aromatic carbocycles. The Labute approximate surface area is 138 Å². The predicted molar refractivity (Wildman–Crippen MR) is 92.2 cm³/mol. The zero-order valence-corrected chi connectivity index (χ0v) is 13.7. The van der Waals surface area contributed by atoms with Gasteiger partial charge in [-0.3, -0.25) is 9.89 Å². The number of ether oxygens (including phenoxy) is 1. The lowest BCUT2D eigenvalue weighted by molar-refractivity contribution is 0.102. The number of para-hydroxylation sites is 1. The van der Waals surface area contributed by atoms with Gasteiger partial charge in [-0.05, 0) is 30.0 Å². The fourth-order valence-electron chi connectivity index (χ4n) is 2.37. The molecular formula is C17H17N3O2S. The third-order valence-corrected chi connectivity index (χ3v) is 4.42. The number of benzene rings is 1. The van der Waals surface area contributed by atoms with Gasteiger partial charge in [-0.1, -0.05) is 25.1 Å². The number of rotatable bonds is 5.